The molecule has 4 rings (SSSR count). The molecule has 0 unspecified atom stereocenters. The number of pyridine rings is 1. The molecule has 0 spiro atoms. The molecule has 48 heavy (non-hydrogen) atoms. The second kappa shape index (κ2) is 17.6. The van der Waals surface area contributed by atoms with E-state index < -0.39 is 54.1 Å². The fourth-order valence-electron chi connectivity index (χ4n) is 5.43. The summed E-state index contributed by atoms with van der Waals surface area (Å²) in [6.07, 6.45) is 4.17. The lowest BCUT2D eigenvalue weighted by atomic mass is 10.0. The first-order valence-corrected chi connectivity index (χ1v) is 16.2. The van der Waals surface area contributed by atoms with Crippen LogP contribution < -0.4 is 26.0 Å². The van der Waals surface area contributed by atoms with Gasteiger partial charge in [-0.15, -0.1) is 0 Å². The molecule has 12 heteroatoms. The second-order valence-electron chi connectivity index (χ2n) is 12.3. The monoisotopic (exact) mass is 656 g/mol. The van der Waals surface area contributed by atoms with E-state index in [1.54, 1.807) is 36.7 Å². The van der Waals surface area contributed by atoms with E-state index in [1.165, 1.54) is 11.9 Å². The van der Waals surface area contributed by atoms with Crippen LogP contribution in [0.4, 0.5) is 0 Å². The predicted octanol–water partition coefficient (Wildman–Crippen LogP) is 2.04. The van der Waals surface area contributed by atoms with Crippen molar-refractivity contribution in [3.05, 3.63) is 95.8 Å². The van der Waals surface area contributed by atoms with Gasteiger partial charge >= 0.3 is 0 Å². The van der Waals surface area contributed by atoms with E-state index in [0.29, 0.717) is 19.3 Å². The normalized spacial score (nSPS) is 19.7. The zero-order valence-electron chi connectivity index (χ0n) is 27.6. The van der Waals surface area contributed by atoms with Crippen molar-refractivity contribution in [2.45, 2.75) is 57.7 Å². The zero-order chi connectivity index (χ0) is 34.5. The van der Waals surface area contributed by atoms with E-state index in [9.17, 15) is 24.0 Å². The van der Waals surface area contributed by atoms with E-state index in [-0.39, 0.29) is 36.9 Å². The number of nitrogens with zero attached hydrogens (tertiary/aromatic N) is 2. The van der Waals surface area contributed by atoms with Crippen LogP contribution in [0.2, 0.25) is 0 Å². The van der Waals surface area contributed by atoms with Crippen LogP contribution in [0, 0.1) is 5.92 Å². The highest BCUT2D eigenvalue weighted by atomic mass is 16.5. The lowest BCUT2D eigenvalue weighted by molar-refractivity contribution is -0.139. The summed E-state index contributed by atoms with van der Waals surface area (Å²) in [5.41, 5.74) is 2.09. The molecule has 12 nitrogen and oxygen atoms in total. The van der Waals surface area contributed by atoms with Gasteiger partial charge in [-0.05, 0) is 60.6 Å². The Labute approximate surface area is 281 Å². The number of ether oxygens (including phenoxy) is 1. The largest absolute Gasteiger partial charge is 0.491 e. The standard InChI is InChI=1S/C36H44N6O6/c1-24(2)19-30-36(47)42(3)22-33(44)39-27(20-26-9-5-4-6-10-26)23-48-31-12-8-7-11-28(31)34(45)41-29(21-32(43)40-30)35(46)38-18-15-25-13-16-37-17-14-25/h4-14,16-17,24,27,29-30H,15,18-23H2,1-3H3,(H,38,46)(H,39,44)(H,40,43)(H,41,45)/t27-,29+,30-/m1/s1. The van der Waals surface area contributed by atoms with Gasteiger partial charge in [0.15, 0.2) is 0 Å². The van der Waals surface area contributed by atoms with Gasteiger partial charge in [-0.1, -0.05) is 56.3 Å². The predicted molar refractivity (Wildman–Crippen MR) is 180 cm³/mol. The van der Waals surface area contributed by atoms with Gasteiger partial charge in [0.1, 0.15) is 24.4 Å². The molecule has 0 radical (unpaired) electrons. The molecular formula is C36H44N6O6. The van der Waals surface area contributed by atoms with Gasteiger partial charge in [-0.25, -0.2) is 0 Å². The van der Waals surface area contributed by atoms with Gasteiger partial charge in [0.2, 0.25) is 23.6 Å². The summed E-state index contributed by atoms with van der Waals surface area (Å²) in [6.45, 7) is 3.88. The fourth-order valence-corrected chi connectivity index (χ4v) is 5.43. The first kappa shape index (κ1) is 35.6. The molecule has 5 amide bonds. The van der Waals surface area contributed by atoms with Gasteiger partial charge in [-0.3, -0.25) is 29.0 Å². The molecule has 3 atom stereocenters. The zero-order valence-corrected chi connectivity index (χ0v) is 27.6. The molecule has 0 saturated heterocycles. The van der Waals surface area contributed by atoms with Crippen molar-refractivity contribution >= 4 is 29.5 Å². The molecule has 254 valence electrons. The minimum atomic E-state index is -1.25. The van der Waals surface area contributed by atoms with Crippen LogP contribution in [0.1, 0.15) is 48.2 Å². The Morgan fingerprint density at radius 2 is 1.62 bits per heavy atom. The Morgan fingerprint density at radius 3 is 2.35 bits per heavy atom. The lowest BCUT2D eigenvalue weighted by Gasteiger charge is -2.27. The average molecular weight is 657 g/mol. The quantitative estimate of drug-likeness (QED) is 0.289. The molecule has 0 fully saturated rings. The number of carbonyl (C=O) groups is 5. The van der Waals surface area contributed by atoms with Crippen LogP contribution >= 0.6 is 0 Å². The number of para-hydroxylation sites is 1. The lowest BCUT2D eigenvalue weighted by Crippen LogP contribution is -2.53. The number of hydrogen-bond acceptors (Lipinski definition) is 7. The van der Waals surface area contributed by atoms with E-state index in [0.717, 1.165) is 11.1 Å². The summed E-state index contributed by atoms with van der Waals surface area (Å²) in [4.78, 5) is 72.5. The highest BCUT2D eigenvalue weighted by Gasteiger charge is 2.31. The Kier molecular flexibility index (Phi) is 13.1. The van der Waals surface area contributed by atoms with Crippen LogP contribution in [-0.4, -0.2) is 84.3 Å². The third-order valence-corrected chi connectivity index (χ3v) is 7.83. The fraction of sp³-hybridized carbons (Fsp3) is 0.389. The van der Waals surface area contributed by atoms with Gasteiger partial charge in [0, 0.05) is 26.0 Å². The number of likely N-dealkylation sites (N-methyl/N-ethyl adjacent to an activating group) is 1. The molecule has 1 aliphatic rings. The first-order valence-electron chi connectivity index (χ1n) is 16.2. The van der Waals surface area contributed by atoms with Crippen molar-refractivity contribution in [3.63, 3.8) is 0 Å². The van der Waals surface area contributed by atoms with Gasteiger partial charge in [0.25, 0.3) is 5.91 Å². The van der Waals surface area contributed by atoms with E-state index >= 15 is 0 Å². The van der Waals surface area contributed by atoms with Crippen molar-refractivity contribution < 1.29 is 28.7 Å². The van der Waals surface area contributed by atoms with E-state index in [4.69, 9.17) is 4.74 Å². The summed E-state index contributed by atoms with van der Waals surface area (Å²) < 4.78 is 6.12. The van der Waals surface area contributed by atoms with E-state index in [1.807, 2.05) is 56.3 Å². The number of nitrogens with one attached hydrogen (secondary N) is 4. The smallest absolute Gasteiger partial charge is 0.255 e. The molecule has 3 aromatic rings. The maximum absolute atomic E-state index is 13.7. The number of aromatic nitrogens is 1. The minimum Gasteiger partial charge on any atom is -0.491 e. The number of benzene rings is 2. The van der Waals surface area contributed by atoms with Gasteiger partial charge < -0.3 is 30.9 Å². The van der Waals surface area contributed by atoms with Crippen molar-refractivity contribution in [2.75, 3.05) is 26.7 Å². The molecule has 1 aliphatic heterocycles. The summed E-state index contributed by atoms with van der Waals surface area (Å²) in [6, 6.07) is 17.1. The molecular weight excluding hydrogens is 612 g/mol. The minimum absolute atomic E-state index is 0.0253. The highest BCUT2D eigenvalue weighted by Crippen LogP contribution is 2.19. The molecule has 4 N–H and O–H groups in total. The summed E-state index contributed by atoms with van der Waals surface area (Å²) in [5, 5.41) is 11.3. The summed E-state index contributed by atoms with van der Waals surface area (Å²) in [7, 11) is 1.51. The van der Waals surface area contributed by atoms with Crippen LogP contribution in [-0.2, 0) is 32.0 Å². The molecule has 0 saturated carbocycles. The topological polar surface area (TPSA) is 159 Å². The van der Waals surface area contributed by atoms with Gasteiger partial charge in [-0.2, -0.15) is 0 Å². The number of fused-ring (bicyclic) bond motifs is 1. The Morgan fingerprint density at radius 1 is 0.917 bits per heavy atom. The molecule has 1 aromatic heterocycles. The van der Waals surface area contributed by atoms with Crippen molar-refractivity contribution in [1.82, 2.24) is 31.2 Å². The first-order chi connectivity index (χ1) is 23.1. The molecule has 0 aliphatic carbocycles. The van der Waals surface area contributed by atoms with E-state index in [2.05, 4.69) is 26.3 Å². The number of carbonyl (C=O) groups excluding carboxylic acids is 5. The summed E-state index contributed by atoms with van der Waals surface area (Å²) in [5.74, 6) is -2.33. The average Bonchev–Trinajstić information content (AvgIpc) is 3.06. The number of amides is 5. The van der Waals surface area contributed by atoms with Crippen molar-refractivity contribution in [2.24, 2.45) is 5.92 Å². The third kappa shape index (κ3) is 10.9. The van der Waals surface area contributed by atoms with Crippen LogP contribution in [0.15, 0.2) is 79.1 Å². The maximum atomic E-state index is 13.7. The Hall–Kier alpha value is -5.26. The van der Waals surface area contributed by atoms with Crippen LogP contribution in [0.3, 0.4) is 0 Å². The van der Waals surface area contributed by atoms with Crippen LogP contribution in [0.25, 0.3) is 0 Å². The Balaban J connectivity index is 1.62. The third-order valence-electron chi connectivity index (χ3n) is 7.83. The Bertz CT molecular complexity index is 1550. The highest BCUT2D eigenvalue weighted by molar-refractivity contribution is 6.01. The molecule has 2 heterocycles. The SMILES string of the molecule is CC(C)C[C@H]1NC(=O)C[C@@H](C(=O)NCCc2ccncc2)NC(=O)c2ccccc2OC[C@@H](Cc2ccccc2)NC(=O)CN(C)C1=O. The molecule has 0 bridgehead atoms. The second-order valence-corrected chi connectivity index (χ2v) is 12.3. The number of hydrogen-bond donors (Lipinski definition) is 4. The van der Waals surface area contributed by atoms with Crippen molar-refractivity contribution in [1.29, 1.82) is 0 Å². The van der Waals surface area contributed by atoms with Crippen LogP contribution in [0.5, 0.6) is 5.75 Å². The number of rotatable bonds is 8. The molecule has 2 aromatic carbocycles. The summed E-state index contributed by atoms with van der Waals surface area (Å²) >= 11 is 0. The van der Waals surface area contributed by atoms with Crippen molar-refractivity contribution in [3.8, 4) is 5.75 Å². The van der Waals surface area contributed by atoms with Gasteiger partial charge in [0.05, 0.1) is 24.6 Å². The maximum Gasteiger partial charge on any atom is 0.255 e.